The van der Waals surface area contributed by atoms with Gasteiger partial charge in [0, 0.05) is 45.1 Å². The maximum atomic E-state index is 7.72. The lowest BCUT2D eigenvalue weighted by Gasteiger charge is -2.32. The molecule has 0 radical (unpaired) electrons. The first-order valence-electron chi connectivity index (χ1n) is 10.3. The van der Waals surface area contributed by atoms with E-state index >= 15 is 0 Å². The van der Waals surface area contributed by atoms with Crippen LogP contribution in [0.15, 0.2) is 27.8 Å². The largest absolute Gasteiger partial charge is 0.479 e. The minimum absolute atomic E-state index is 0.146. The van der Waals surface area contributed by atoms with E-state index < -0.39 is 12.9 Å². The molecule has 4 aliphatic rings. The zero-order chi connectivity index (χ0) is 17.9. The molecule has 4 heterocycles. The van der Waals surface area contributed by atoms with Crippen LogP contribution in [0.1, 0.15) is 53.5 Å². The summed E-state index contributed by atoms with van der Waals surface area (Å²) >= 11 is 1.81. The molecule has 3 nitrogen and oxygen atoms in total. The van der Waals surface area contributed by atoms with Crippen molar-refractivity contribution in [3.63, 3.8) is 0 Å². The minimum atomic E-state index is -1.96. The summed E-state index contributed by atoms with van der Waals surface area (Å²) in [6.07, 6.45) is 7.87. The van der Waals surface area contributed by atoms with Crippen molar-refractivity contribution in [3.8, 4) is 0 Å². The third kappa shape index (κ3) is 2.30. The third-order valence-corrected chi connectivity index (χ3v) is 6.84. The lowest BCUT2D eigenvalue weighted by molar-refractivity contribution is 0.0576. The summed E-state index contributed by atoms with van der Waals surface area (Å²) in [7, 11) is 0. The van der Waals surface area contributed by atoms with Crippen molar-refractivity contribution in [2.24, 2.45) is 16.8 Å². The van der Waals surface area contributed by atoms with E-state index in [9.17, 15) is 0 Å². The highest BCUT2D eigenvalue weighted by atomic mass is 32.1. The molecule has 0 bridgehead atoms. The molecule has 4 heteroatoms. The highest BCUT2D eigenvalue weighted by Crippen LogP contribution is 2.48. The van der Waals surface area contributed by atoms with E-state index in [4.69, 9.17) is 13.8 Å². The van der Waals surface area contributed by atoms with Gasteiger partial charge in [0.1, 0.15) is 5.76 Å². The van der Waals surface area contributed by atoms with Crippen LogP contribution in [0.25, 0.3) is 0 Å². The number of hydrogen-bond acceptors (Lipinski definition) is 4. The van der Waals surface area contributed by atoms with Gasteiger partial charge < -0.3 is 4.74 Å². The van der Waals surface area contributed by atoms with E-state index in [0.29, 0.717) is 18.3 Å². The van der Waals surface area contributed by atoms with Gasteiger partial charge in [-0.3, -0.25) is 10.3 Å². The molecule has 5 atom stereocenters. The minimum Gasteiger partial charge on any atom is -0.479 e. The van der Waals surface area contributed by atoms with Crippen LogP contribution in [0.2, 0.25) is 0 Å². The molecule has 3 aliphatic heterocycles. The monoisotopic (exact) mass is 331 g/mol. The Bertz CT molecular complexity index is 769. The Morgan fingerprint density at radius 2 is 2.39 bits per heavy atom. The smallest absolute Gasteiger partial charge is 0.153 e. The summed E-state index contributed by atoms with van der Waals surface area (Å²) in [4.78, 5) is 6.25. The van der Waals surface area contributed by atoms with Gasteiger partial charge >= 0.3 is 0 Å². The fourth-order valence-electron chi connectivity index (χ4n) is 4.74. The number of allylic oxidation sites excluding steroid dienone is 1. The van der Waals surface area contributed by atoms with Crippen LogP contribution in [-0.2, 0) is 11.2 Å². The second-order valence-corrected chi connectivity index (χ2v) is 8.18. The van der Waals surface area contributed by atoms with Crippen LogP contribution in [0, 0.1) is 11.8 Å². The van der Waals surface area contributed by atoms with Gasteiger partial charge in [-0.2, -0.15) is 0 Å². The summed E-state index contributed by atoms with van der Waals surface area (Å²) in [5.74, 6) is 1.98. The lowest BCUT2D eigenvalue weighted by Crippen LogP contribution is -2.45. The van der Waals surface area contributed by atoms with E-state index in [0.717, 1.165) is 31.4 Å². The molecule has 1 N–H and O–H groups in total. The third-order valence-electron chi connectivity index (χ3n) is 5.88. The summed E-state index contributed by atoms with van der Waals surface area (Å²) in [5, 5.41) is 5.43. The molecule has 1 aromatic rings. The highest BCUT2D eigenvalue weighted by molar-refractivity contribution is 7.10. The topological polar surface area (TPSA) is 33.6 Å². The van der Waals surface area contributed by atoms with Crippen LogP contribution < -0.4 is 5.32 Å². The van der Waals surface area contributed by atoms with Crippen molar-refractivity contribution in [3.05, 3.63) is 33.2 Å². The van der Waals surface area contributed by atoms with Crippen molar-refractivity contribution in [1.29, 1.82) is 0 Å². The van der Waals surface area contributed by atoms with Gasteiger partial charge in [0.25, 0.3) is 0 Å². The molecule has 0 amide bonds. The molecule has 1 aliphatic carbocycles. The van der Waals surface area contributed by atoms with E-state index in [2.05, 4.69) is 16.8 Å². The molecule has 2 saturated heterocycles. The standard InChI is InChI=1S/C19H24N2OS/c1-11-5-6-14-13-3-2-4-15(18(13)22-19(14)21-11)16-9-17-12(10-20-16)7-8-23-17/h7-8,10-11,13-14,16,19,21H,2-6,9H2,1H3/t11-,13+,14?,16-,19?/m1/s1/i1D3. The molecule has 5 rings (SSSR count). The maximum absolute atomic E-state index is 7.72. The average Bonchev–Trinajstić information content (AvgIpc) is 3.23. The average molecular weight is 331 g/mol. The van der Waals surface area contributed by atoms with Gasteiger partial charge in [-0.15, -0.1) is 11.3 Å². The van der Waals surface area contributed by atoms with Crippen LogP contribution in [-0.4, -0.2) is 24.5 Å². The predicted molar refractivity (Wildman–Crippen MR) is 94.0 cm³/mol. The molecule has 0 saturated carbocycles. The van der Waals surface area contributed by atoms with Gasteiger partial charge in [-0.25, -0.2) is 0 Å². The molecular weight excluding hydrogens is 304 g/mol. The second-order valence-electron chi connectivity index (χ2n) is 7.18. The number of fused-ring (bicyclic) bond motifs is 4. The summed E-state index contributed by atoms with van der Waals surface area (Å²) in [5.41, 5.74) is 2.62. The normalized spacial score (nSPS) is 41.2. The number of rotatable bonds is 1. The van der Waals surface area contributed by atoms with Crippen molar-refractivity contribution < 1.29 is 8.85 Å². The highest BCUT2D eigenvalue weighted by Gasteiger charge is 2.47. The summed E-state index contributed by atoms with van der Waals surface area (Å²) < 4.78 is 29.5. The molecule has 0 aromatic carbocycles. The Kier molecular flexibility index (Phi) is 2.71. The second kappa shape index (κ2) is 5.45. The summed E-state index contributed by atoms with van der Waals surface area (Å²) in [6, 6.07) is 1.88. The number of nitrogens with one attached hydrogen (secondary N) is 1. The van der Waals surface area contributed by atoms with Crippen LogP contribution in [0.5, 0.6) is 0 Å². The fraction of sp³-hybridized carbons (Fsp3) is 0.632. The van der Waals surface area contributed by atoms with Crippen molar-refractivity contribution in [1.82, 2.24) is 5.32 Å². The van der Waals surface area contributed by atoms with E-state index in [1.165, 1.54) is 22.4 Å². The Labute approximate surface area is 146 Å². The lowest BCUT2D eigenvalue weighted by atomic mass is 9.76. The van der Waals surface area contributed by atoms with E-state index in [-0.39, 0.29) is 12.3 Å². The molecule has 122 valence electrons. The Hall–Kier alpha value is -1.13. The Morgan fingerprint density at radius 1 is 1.39 bits per heavy atom. The quantitative estimate of drug-likeness (QED) is 0.847. The molecule has 2 unspecified atom stereocenters. The number of piperidine rings is 1. The summed E-state index contributed by atoms with van der Waals surface area (Å²) in [6.45, 7) is -1.96. The molecule has 0 spiro atoms. The van der Waals surface area contributed by atoms with Crippen LogP contribution >= 0.6 is 11.3 Å². The van der Waals surface area contributed by atoms with Gasteiger partial charge in [0.2, 0.25) is 0 Å². The molecule has 23 heavy (non-hydrogen) atoms. The van der Waals surface area contributed by atoms with E-state index in [1.54, 1.807) is 0 Å². The van der Waals surface area contributed by atoms with Gasteiger partial charge in [-0.05, 0) is 56.0 Å². The SMILES string of the molecule is [2H]C([2H])([2H])[C@@H]1CCC2C(N1)OC1=C([C@H]3Cc4sccc4C=N3)CCC[C@H]12. The zero-order valence-corrected chi connectivity index (χ0v) is 13.9. The van der Waals surface area contributed by atoms with Crippen molar-refractivity contribution >= 4 is 17.6 Å². The first-order valence-corrected chi connectivity index (χ1v) is 9.64. The van der Waals surface area contributed by atoms with Crippen molar-refractivity contribution in [2.75, 3.05) is 0 Å². The van der Waals surface area contributed by atoms with E-state index in [1.807, 2.05) is 17.6 Å². The fourth-order valence-corrected chi connectivity index (χ4v) is 5.63. The van der Waals surface area contributed by atoms with Crippen molar-refractivity contribution in [2.45, 2.75) is 63.7 Å². The van der Waals surface area contributed by atoms with Gasteiger partial charge in [-0.1, -0.05) is 0 Å². The Morgan fingerprint density at radius 3 is 3.35 bits per heavy atom. The Balaban J connectivity index is 1.42. The van der Waals surface area contributed by atoms with Crippen LogP contribution in [0.4, 0.5) is 0 Å². The molecule has 2 fully saturated rings. The molecular formula is C19H24N2OS. The first-order chi connectivity index (χ1) is 12.5. The number of nitrogens with zero attached hydrogens (tertiary/aromatic N) is 1. The first kappa shape index (κ1) is 11.4. The predicted octanol–water partition coefficient (Wildman–Crippen LogP) is 3.89. The van der Waals surface area contributed by atoms with Crippen LogP contribution in [0.3, 0.4) is 0 Å². The molecule has 1 aromatic heterocycles. The zero-order valence-electron chi connectivity index (χ0n) is 16.1. The number of aliphatic imine (C=N–C) groups is 1. The van der Waals surface area contributed by atoms with Gasteiger partial charge in [0.15, 0.2) is 6.23 Å². The van der Waals surface area contributed by atoms with Gasteiger partial charge in [0.05, 0.1) is 6.04 Å². The number of hydrogen-bond donors (Lipinski definition) is 1. The number of ether oxygens (including phenoxy) is 1. The maximum Gasteiger partial charge on any atom is 0.153 e. The number of thiophene rings is 1.